The van der Waals surface area contributed by atoms with E-state index in [0.717, 1.165) is 42.9 Å². The van der Waals surface area contributed by atoms with Crippen LogP contribution in [0.1, 0.15) is 63.0 Å². The van der Waals surface area contributed by atoms with Crippen molar-refractivity contribution < 1.29 is 9.84 Å². The molecular weight excluding hydrogens is 260 g/mol. The van der Waals surface area contributed by atoms with Crippen molar-refractivity contribution in [2.75, 3.05) is 7.11 Å². The van der Waals surface area contributed by atoms with Crippen LogP contribution >= 0.6 is 0 Å². The van der Waals surface area contributed by atoms with Crippen LogP contribution in [0.2, 0.25) is 0 Å². The molecule has 21 heavy (non-hydrogen) atoms. The summed E-state index contributed by atoms with van der Waals surface area (Å²) in [6.07, 6.45) is 8.73. The van der Waals surface area contributed by atoms with Crippen molar-refractivity contribution in [2.45, 2.75) is 70.8 Å². The molecule has 0 bridgehead atoms. The molecule has 0 aromatic heterocycles. The largest absolute Gasteiger partial charge is 0.496 e. The van der Waals surface area contributed by atoms with Crippen LogP contribution in [0.25, 0.3) is 0 Å². The molecule has 2 unspecified atom stereocenters. The van der Waals surface area contributed by atoms with Gasteiger partial charge in [0.1, 0.15) is 5.75 Å². The highest BCUT2D eigenvalue weighted by molar-refractivity contribution is 5.37. The molecule has 0 radical (unpaired) electrons. The van der Waals surface area contributed by atoms with Gasteiger partial charge in [0, 0.05) is 6.42 Å². The minimum Gasteiger partial charge on any atom is -0.496 e. The molecule has 0 heterocycles. The molecule has 1 N–H and O–H groups in total. The fourth-order valence-electron chi connectivity index (χ4n) is 3.74. The minimum absolute atomic E-state index is 0.552. The summed E-state index contributed by atoms with van der Waals surface area (Å²) in [6.45, 7) is 4.35. The van der Waals surface area contributed by atoms with Crippen molar-refractivity contribution in [1.82, 2.24) is 0 Å². The van der Waals surface area contributed by atoms with E-state index in [4.69, 9.17) is 4.74 Å². The number of aliphatic hydroxyl groups is 1. The fraction of sp³-hybridized carbons (Fsp3) is 0.684. The van der Waals surface area contributed by atoms with Crippen LogP contribution in [0.5, 0.6) is 5.75 Å². The highest BCUT2D eigenvalue weighted by Gasteiger charge is 2.31. The van der Waals surface area contributed by atoms with Crippen LogP contribution in [-0.4, -0.2) is 17.8 Å². The van der Waals surface area contributed by atoms with Crippen LogP contribution in [0.15, 0.2) is 18.2 Å². The van der Waals surface area contributed by atoms with E-state index in [2.05, 4.69) is 26.0 Å². The molecule has 2 rings (SSSR count). The number of aryl methyl sites for hydroxylation is 1. The first-order valence-electron chi connectivity index (χ1n) is 8.42. The van der Waals surface area contributed by atoms with Crippen molar-refractivity contribution >= 4 is 0 Å². The molecule has 1 aliphatic rings. The van der Waals surface area contributed by atoms with E-state index >= 15 is 0 Å². The van der Waals surface area contributed by atoms with Crippen molar-refractivity contribution in [3.05, 3.63) is 29.3 Å². The van der Waals surface area contributed by atoms with E-state index in [-0.39, 0.29) is 0 Å². The molecule has 1 saturated carbocycles. The lowest BCUT2D eigenvalue weighted by atomic mass is 9.86. The Morgan fingerprint density at radius 2 is 2.10 bits per heavy atom. The Morgan fingerprint density at radius 3 is 2.81 bits per heavy atom. The average Bonchev–Trinajstić information content (AvgIpc) is 2.62. The maximum atomic E-state index is 11.0. The Labute approximate surface area is 129 Å². The number of ether oxygens (including phenoxy) is 1. The lowest BCUT2D eigenvalue weighted by Gasteiger charge is -2.28. The SMILES string of the molecule is CCCC1CCCC(O)(Cc2cc(C)ccc2OC)CC1. The third-order valence-electron chi connectivity index (χ3n) is 4.92. The lowest BCUT2D eigenvalue weighted by Crippen LogP contribution is -2.31. The summed E-state index contributed by atoms with van der Waals surface area (Å²) < 4.78 is 5.47. The average molecular weight is 290 g/mol. The summed E-state index contributed by atoms with van der Waals surface area (Å²) in [5.41, 5.74) is 1.82. The monoisotopic (exact) mass is 290 g/mol. The van der Waals surface area contributed by atoms with Gasteiger partial charge in [-0.3, -0.25) is 0 Å². The number of hydrogen-bond donors (Lipinski definition) is 1. The van der Waals surface area contributed by atoms with Gasteiger partial charge in [0.25, 0.3) is 0 Å². The first-order chi connectivity index (χ1) is 10.1. The summed E-state index contributed by atoms with van der Waals surface area (Å²) in [4.78, 5) is 0. The van der Waals surface area contributed by atoms with Gasteiger partial charge in [-0.05, 0) is 43.7 Å². The predicted octanol–water partition coefficient (Wildman–Crippen LogP) is 4.66. The van der Waals surface area contributed by atoms with E-state index in [1.54, 1.807) is 7.11 Å². The van der Waals surface area contributed by atoms with Crippen LogP contribution in [0.3, 0.4) is 0 Å². The van der Waals surface area contributed by atoms with E-state index in [1.807, 2.05) is 6.07 Å². The van der Waals surface area contributed by atoms with E-state index in [0.29, 0.717) is 0 Å². The van der Waals surface area contributed by atoms with Gasteiger partial charge in [-0.1, -0.05) is 50.3 Å². The van der Waals surface area contributed by atoms with E-state index in [1.165, 1.54) is 31.2 Å². The maximum Gasteiger partial charge on any atom is 0.122 e. The Kier molecular flexibility index (Phi) is 5.69. The van der Waals surface area contributed by atoms with Gasteiger partial charge in [0.15, 0.2) is 0 Å². The van der Waals surface area contributed by atoms with Crippen LogP contribution in [-0.2, 0) is 6.42 Å². The van der Waals surface area contributed by atoms with Crippen molar-refractivity contribution in [1.29, 1.82) is 0 Å². The van der Waals surface area contributed by atoms with Gasteiger partial charge in [-0.25, -0.2) is 0 Å². The number of methoxy groups -OCH3 is 1. The van der Waals surface area contributed by atoms with Crippen molar-refractivity contribution in [3.8, 4) is 5.75 Å². The molecule has 2 atom stereocenters. The third kappa shape index (κ3) is 4.47. The van der Waals surface area contributed by atoms with Crippen LogP contribution < -0.4 is 4.74 Å². The van der Waals surface area contributed by atoms with Crippen molar-refractivity contribution in [3.63, 3.8) is 0 Å². The molecule has 0 saturated heterocycles. The molecular formula is C19H30O2. The number of rotatable bonds is 5. The van der Waals surface area contributed by atoms with Gasteiger partial charge >= 0.3 is 0 Å². The molecule has 0 amide bonds. The van der Waals surface area contributed by atoms with Crippen molar-refractivity contribution in [2.24, 2.45) is 5.92 Å². The predicted molar refractivity (Wildman–Crippen MR) is 87.9 cm³/mol. The Bertz CT molecular complexity index is 455. The summed E-state index contributed by atoms with van der Waals surface area (Å²) in [6, 6.07) is 6.24. The van der Waals surface area contributed by atoms with Gasteiger partial charge < -0.3 is 9.84 Å². The van der Waals surface area contributed by atoms with Gasteiger partial charge in [-0.2, -0.15) is 0 Å². The van der Waals surface area contributed by atoms with Gasteiger partial charge in [0.2, 0.25) is 0 Å². The molecule has 1 aromatic carbocycles. The molecule has 1 fully saturated rings. The van der Waals surface area contributed by atoms with Crippen LogP contribution in [0, 0.1) is 12.8 Å². The molecule has 0 spiro atoms. The molecule has 2 nitrogen and oxygen atoms in total. The maximum absolute atomic E-state index is 11.0. The standard InChI is InChI=1S/C19H30O2/c1-4-6-16-7-5-11-19(20,12-10-16)14-17-13-15(2)8-9-18(17)21-3/h8-9,13,16,20H,4-7,10-12,14H2,1-3H3. The quantitative estimate of drug-likeness (QED) is 0.799. The molecule has 1 aliphatic carbocycles. The number of hydrogen-bond acceptors (Lipinski definition) is 2. The molecule has 1 aromatic rings. The van der Waals surface area contributed by atoms with E-state index in [9.17, 15) is 5.11 Å². The minimum atomic E-state index is -0.552. The molecule has 118 valence electrons. The summed E-state index contributed by atoms with van der Waals surface area (Å²) in [7, 11) is 1.71. The zero-order valence-corrected chi connectivity index (χ0v) is 13.8. The smallest absolute Gasteiger partial charge is 0.122 e. The zero-order chi connectivity index (χ0) is 15.3. The molecule has 2 heteroatoms. The first kappa shape index (κ1) is 16.4. The van der Waals surface area contributed by atoms with Gasteiger partial charge in [0.05, 0.1) is 12.7 Å². The molecule has 0 aliphatic heterocycles. The third-order valence-corrected chi connectivity index (χ3v) is 4.92. The van der Waals surface area contributed by atoms with E-state index < -0.39 is 5.60 Å². The Morgan fingerprint density at radius 1 is 1.29 bits per heavy atom. The zero-order valence-electron chi connectivity index (χ0n) is 13.8. The fourth-order valence-corrected chi connectivity index (χ4v) is 3.74. The second kappa shape index (κ2) is 7.31. The Hall–Kier alpha value is -1.02. The summed E-state index contributed by atoms with van der Waals surface area (Å²) in [5.74, 6) is 1.71. The lowest BCUT2D eigenvalue weighted by molar-refractivity contribution is 0.0236. The second-order valence-electron chi connectivity index (χ2n) is 6.80. The normalized spacial score (nSPS) is 26.4. The summed E-state index contributed by atoms with van der Waals surface area (Å²) >= 11 is 0. The van der Waals surface area contributed by atoms with Crippen LogP contribution in [0.4, 0.5) is 0 Å². The second-order valence-corrected chi connectivity index (χ2v) is 6.80. The Balaban J connectivity index is 2.09. The summed E-state index contributed by atoms with van der Waals surface area (Å²) in [5, 5.41) is 11.0. The highest BCUT2D eigenvalue weighted by atomic mass is 16.5. The first-order valence-corrected chi connectivity index (χ1v) is 8.42. The van der Waals surface area contributed by atoms with Gasteiger partial charge in [-0.15, -0.1) is 0 Å². The number of benzene rings is 1. The highest BCUT2D eigenvalue weighted by Crippen LogP contribution is 2.36. The topological polar surface area (TPSA) is 29.5 Å².